The van der Waals surface area contributed by atoms with Crippen molar-refractivity contribution in [2.24, 2.45) is 12.8 Å². The lowest BCUT2D eigenvalue weighted by atomic mass is 9.96. The van der Waals surface area contributed by atoms with Crippen LogP contribution in [-0.2, 0) is 26.4 Å². The first kappa shape index (κ1) is 14.0. The van der Waals surface area contributed by atoms with Gasteiger partial charge in [-0.25, -0.2) is 4.98 Å². The number of fused-ring (bicyclic) bond motifs is 1. The number of aryl methyl sites for hydroxylation is 2. The molecule has 1 aliphatic carbocycles. The maximum Gasteiger partial charge on any atom is 0.140 e. The molecule has 6 nitrogen and oxygen atoms in total. The van der Waals surface area contributed by atoms with Crippen molar-refractivity contribution in [1.82, 2.24) is 19.6 Å². The number of likely N-dealkylation sites (tertiary alicyclic amines) is 1. The zero-order valence-electron chi connectivity index (χ0n) is 13.0. The summed E-state index contributed by atoms with van der Waals surface area (Å²) in [5, 5.41) is 4.31. The number of rotatable bonds is 3. The maximum atomic E-state index is 6.34. The van der Waals surface area contributed by atoms with E-state index in [0.717, 1.165) is 49.6 Å². The van der Waals surface area contributed by atoms with Gasteiger partial charge in [0, 0.05) is 56.8 Å². The first-order valence-corrected chi connectivity index (χ1v) is 8.13. The molecule has 0 spiro atoms. The van der Waals surface area contributed by atoms with Gasteiger partial charge in [-0.15, -0.1) is 0 Å². The van der Waals surface area contributed by atoms with Crippen LogP contribution in [0.3, 0.4) is 0 Å². The van der Waals surface area contributed by atoms with Crippen molar-refractivity contribution in [1.29, 1.82) is 0 Å². The highest BCUT2D eigenvalue weighted by Crippen LogP contribution is 2.29. The lowest BCUT2D eigenvalue weighted by Gasteiger charge is -2.15. The summed E-state index contributed by atoms with van der Waals surface area (Å²) in [7, 11) is 2.00. The van der Waals surface area contributed by atoms with Gasteiger partial charge in [0.1, 0.15) is 11.5 Å². The van der Waals surface area contributed by atoms with Gasteiger partial charge in [-0.1, -0.05) is 5.16 Å². The van der Waals surface area contributed by atoms with E-state index in [1.165, 1.54) is 18.4 Å². The molecule has 0 aromatic carbocycles. The van der Waals surface area contributed by atoms with E-state index in [0.29, 0.717) is 5.92 Å². The summed E-state index contributed by atoms with van der Waals surface area (Å²) in [5.41, 5.74) is 9.90. The summed E-state index contributed by atoms with van der Waals surface area (Å²) in [6, 6.07) is 0.137. The van der Waals surface area contributed by atoms with Crippen molar-refractivity contribution in [2.45, 2.75) is 44.2 Å². The van der Waals surface area contributed by atoms with Crippen molar-refractivity contribution in [3.8, 4) is 0 Å². The van der Waals surface area contributed by atoms with E-state index in [4.69, 9.17) is 10.3 Å². The largest absolute Gasteiger partial charge is 0.361 e. The highest BCUT2D eigenvalue weighted by atomic mass is 16.5. The predicted octanol–water partition coefficient (Wildman–Crippen LogP) is 1.21. The molecule has 0 bridgehead atoms. The third-order valence-electron chi connectivity index (χ3n) is 4.95. The zero-order valence-corrected chi connectivity index (χ0v) is 13.0. The second kappa shape index (κ2) is 5.52. The zero-order chi connectivity index (χ0) is 15.1. The van der Waals surface area contributed by atoms with Gasteiger partial charge in [0.05, 0.1) is 12.0 Å². The van der Waals surface area contributed by atoms with Crippen molar-refractivity contribution < 1.29 is 4.52 Å². The molecular weight excluding hydrogens is 278 g/mol. The average molecular weight is 301 g/mol. The standard InChI is InChI=1S/C16H23N5O/c1-20-8-14(18-10-20)12-6-21(7-13(12)17)9-15-11-4-2-3-5-16(11)22-19-15/h8,10,12-13H,2-7,9,17H2,1H3/t12-,13-/m1/s1. The topological polar surface area (TPSA) is 73.1 Å². The lowest BCUT2D eigenvalue weighted by Crippen LogP contribution is -2.29. The van der Waals surface area contributed by atoms with Gasteiger partial charge in [-0.05, 0) is 19.3 Å². The third kappa shape index (κ3) is 2.46. The molecule has 2 aromatic rings. The van der Waals surface area contributed by atoms with Crippen LogP contribution in [0.2, 0.25) is 0 Å². The molecule has 118 valence electrons. The van der Waals surface area contributed by atoms with Gasteiger partial charge >= 0.3 is 0 Å². The molecule has 4 rings (SSSR count). The molecule has 0 radical (unpaired) electrons. The Balaban J connectivity index is 1.47. The summed E-state index contributed by atoms with van der Waals surface area (Å²) in [6.45, 7) is 2.68. The molecule has 2 aromatic heterocycles. The summed E-state index contributed by atoms with van der Waals surface area (Å²) in [5.74, 6) is 1.41. The molecule has 2 aliphatic rings. The van der Waals surface area contributed by atoms with Crippen molar-refractivity contribution in [3.05, 3.63) is 35.2 Å². The fourth-order valence-corrected chi connectivity index (χ4v) is 3.76. The molecule has 0 amide bonds. The highest BCUT2D eigenvalue weighted by Gasteiger charge is 2.33. The Hall–Kier alpha value is -1.66. The normalized spacial score (nSPS) is 25.5. The van der Waals surface area contributed by atoms with Crippen molar-refractivity contribution in [2.75, 3.05) is 13.1 Å². The molecule has 22 heavy (non-hydrogen) atoms. The second-order valence-electron chi connectivity index (χ2n) is 6.67. The van der Waals surface area contributed by atoms with Gasteiger partial charge in [0.2, 0.25) is 0 Å². The minimum Gasteiger partial charge on any atom is -0.361 e. The molecule has 2 atom stereocenters. The van der Waals surface area contributed by atoms with Crippen LogP contribution in [0.15, 0.2) is 17.0 Å². The summed E-state index contributed by atoms with van der Waals surface area (Å²) >= 11 is 0. The molecule has 1 fully saturated rings. The van der Waals surface area contributed by atoms with Crippen LogP contribution in [0.4, 0.5) is 0 Å². The number of nitrogens with two attached hydrogens (primary N) is 1. The van der Waals surface area contributed by atoms with Gasteiger partial charge in [-0.2, -0.15) is 0 Å². The van der Waals surface area contributed by atoms with E-state index in [-0.39, 0.29) is 6.04 Å². The highest BCUT2D eigenvalue weighted by molar-refractivity contribution is 5.25. The van der Waals surface area contributed by atoms with E-state index in [9.17, 15) is 0 Å². The van der Waals surface area contributed by atoms with Crippen molar-refractivity contribution >= 4 is 0 Å². The Morgan fingerprint density at radius 3 is 3.00 bits per heavy atom. The molecule has 0 saturated carbocycles. The minimum absolute atomic E-state index is 0.137. The number of hydrogen-bond acceptors (Lipinski definition) is 5. The van der Waals surface area contributed by atoms with Crippen LogP contribution >= 0.6 is 0 Å². The number of nitrogens with zero attached hydrogens (tertiary/aromatic N) is 4. The Morgan fingerprint density at radius 1 is 1.32 bits per heavy atom. The quantitative estimate of drug-likeness (QED) is 0.922. The minimum atomic E-state index is 0.137. The first-order chi connectivity index (χ1) is 10.7. The Kier molecular flexibility index (Phi) is 3.50. The van der Waals surface area contributed by atoms with Crippen LogP contribution in [0.5, 0.6) is 0 Å². The molecule has 1 aliphatic heterocycles. The molecular formula is C16H23N5O. The first-order valence-electron chi connectivity index (χ1n) is 8.13. The fourth-order valence-electron chi connectivity index (χ4n) is 3.76. The summed E-state index contributed by atoms with van der Waals surface area (Å²) < 4.78 is 7.50. The van der Waals surface area contributed by atoms with E-state index < -0.39 is 0 Å². The Morgan fingerprint density at radius 2 is 2.18 bits per heavy atom. The van der Waals surface area contributed by atoms with E-state index in [2.05, 4.69) is 21.2 Å². The van der Waals surface area contributed by atoms with Gasteiger partial charge in [-0.3, -0.25) is 4.90 Å². The van der Waals surface area contributed by atoms with E-state index in [1.54, 1.807) is 0 Å². The summed E-state index contributed by atoms with van der Waals surface area (Å²) in [4.78, 5) is 6.86. The summed E-state index contributed by atoms with van der Waals surface area (Å²) in [6.07, 6.45) is 8.54. The predicted molar refractivity (Wildman–Crippen MR) is 82.3 cm³/mol. The van der Waals surface area contributed by atoms with Crippen LogP contribution in [0.1, 0.15) is 41.5 Å². The average Bonchev–Trinajstić information content (AvgIpc) is 3.20. The second-order valence-corrected chi connectivity index (χ2v) is 6.67. The molecule has 2 N–H and O–H groups in total. The number of aromatic nitrogens is 3. The van der Waals surface area contributed by atoms with Crippen LogP contribution in [0, 0.1) is 0 Å². The van der Waals surface area contributed by atoms with Gasteiger partial charge in [0.15, 0.2) is 0 Å². The monoisotopic (exact) mass is 301 g/mol. The smallest absolute Gasteiger partial charge is 0.140 e. The third-order valence-corrected chi connectivity index (χ3v) is 4.95. The molecule has 0 unspecified atom stereocenters. The SMILES string of the molecule is Cn1cnc([C@@H]2CN(Cc3noc4c3CCCC4)C[C@H]2N)c1. The molecule has 1 saturated heterocycles. The van der Waals surface area contributed by atoms with E-state index in [1.807, 2.05) is 17.9 Å². The van der Waals surface area contributed by atoms with Gasteiger partial charge in [0.25, 0.3) is 0 Å². The Labute approximate surface area is 130 Å². The van der Waals surface area contributed by atoms with Crippen LogP contribution in [0.25, 0.3) is 0 Å². The van der Waals surface area contributed by atoms with Crippen LogP contribution < -0.4 is 5.73 Å². The Bertz CT molecular complexity index is 661. The number of hydrogen-bond donors (Lipinski definition) is 1. The van der Waals surface area contributed by atoms with E-state index >= 15 is 0 Å². The lowest BCUT2D eigenvalue weighted by molar-refractivity contribution is 0.304. The molecule has 6 heteroatoms. The van der Waals surface area contributed by atoms with Crippen LogP contribution in [-0.4, -0.2) is 38.7 Å². The van der Waals surface area contributed by atoms with Crippen molar-refractivity contribution in [3.63, 3.8) is 0 Å². The number of imidazole rings is 1. The molecule has 3 heterocycles. The fraction of sp³-hybridized carbons (Fsp3) is 0.625. The maximum absolute atomic E-state index is 6.34. The van der Waals surface area contributed by atoms with Gasteiger partial charge < -0.3 is 14.8 Å².